The zero-order valence-electron chi connectivity index (χ0n) is 8.51. The fourth-order valence-corrected chi connectivity index (χ4v) is 2.12. The normalized spacial score (nSPS) is 10.2. The molecule has 80 valence electrons. The van der Waals surface area contributed by atoms with Crippen molar-refractivity contribution >= 4 is 37.3 Å². The first kappa shape index (κ1) is 11.6. The van der Waals surface area contributed by atoms with Gasteiger partial charge in [-0.3, -0.25) is 0 Å². The Kier molecular flexibility index (Phi) is 3.62. The van der Waals surface area contributed by atoms with Crippen LogP contribution in [-0.2, 0) is 0 Å². The number of hydrogen-bond donors (Lipinski definition) is 0. The fourth-order valence-electron chi connectivity index (χ4n) is 1.22. The second kappa shape index (κ2) is 4.98. The quantitative estimate of drug-likeness (QED) is 0.787. The topological polar surface area (TPSA) is 35.0 Å². The van der Waals surface area contributed by atoms with Gasteiger partial charge >= 0.3 is 111 Å². The van der Waals surface area contributed by atoms with Crippen LogP contribution in [0.4, 0.5) is 0 Å². The molecule has 0 amide bonds. The summed E-state index contributed by atoms with van der Waals surface area (Å²) < 4.78 is 7.40. The number of nitrogens with zero attached hydrogens (tertiary/aromatic N) is 2. The van der Waals surface area contributed by atoms with Crippen molar-refractivity contribution in [3.8, 4) is 11.6 Å². The molecule has 0 bridgehead atoms. The molecule has 2 radical (unpaired) electrons. The third-order valence-corrected chi connectivity index (χ3v) is 2.99. The van der Waals surface area contributed by atoms with Crippen LogP contribution in [0.1, 0.15) is 5.82 Å². The van der Waals surface area contributed by atoms with Gasteiger partial charge in [-0.05, 0) is 0 Å². The molecular weight excluding hydrogens is 331 g/mol. The first-order chi connectivity index (χ1) is 7.65. The number of aryl methyl sites for hydroxylation is 1. The van der Waals surface area contributed by atoms with E-state index in [0.717, 1.165) is 14.7 Å². The van der Waals surface area contributed by atoms with Gasteiger partial charge in [-0.15, -0.1) is 0 Å². The van der Waals surface area contributed by atoms with Gasteiger partial charge in [0.15, 0.2) is 0 Å². The number of hydrogen-bond acceptors (Lipinski definition) is 3. The van der Waals surface area contributed by atoms with Crippen molar-refractivity contribution < 1.29 is 4.74 Å². The molecule has 5 heteroatoms. The van der Waals surface area contributed by atoms with Crippen LogP contribution in [0.15, 0.2) is 34.8 Å². The average molecular weight is 339 g/mol. The van der Waals surface area contributed by atoms with Crippen molar-refractivity contribution in [2.45, 2.75) is 6.92 Å². The Morgan fingerprint density at radius 1 is 1.25 bits per heavy atom. The number of aromatic nitrogens is 2. The summed E-state index contributed by atoms with van der Waals surface area (Å²) >= 11 is 5.80. The summed E-state index contributed by atoms with van der Waals surface area (Å²) in [4.78, 5) is 8.37. The molecular formula is C11H8AsBrN2O. The van der Waals surface area contributed by atoms with Crippen LogP contribution in [-0.4, -0.2) is 26.8 Å². The molecule has 0 saturated carbocycles. The van der Waals surface area contributed by atoms with E-state index in [1.807, 2.05) is 31.2 Å². The minimum atomic E-state index is 0.551. The molecule has 0 atom stereocenters. The first-order valence-corrected chi connectivity index (χ1v) is 6.35. The molecule has 16 heavy (non-hydrogen) atoms. The number of halogens is 1. The van der Waals surface area contributed by atoms with Crippen LogP contribution in [0.2, 0.25) is 0 Å². The number of benzene rings is 1. The van der Waals surface area contributed by atoms with E-state index in [1.54, 1.807) is 6.07 Å². The third-order valence-electron chi connectivity index (χ3n) is 1.85. The maximum absolute atomic E-state index is 5.66. The molecule has 1 aromatic heterocycles. The Morgan fingerprint density at radius 2 is 2.00 bits per heavy atom. The zero-order chi connectivity index (χ0) is 11.5. The summed E-state index contributed by atoms with van der Waals surface area (Å²) in [6.07, 6.45) is 0. The van der Waals surface area contributed by atoms with Gasteiger partial charge in [0.1, 0.15) is 0 Å². The van der Waals surface area contributed by atoms with Gasteiger partial charge < -0.3 is 0 Å². The number of ether oxygens (including phenoxy) is 1. The average Bonchev–Trinajstić information content (AvgIpc) is 2.20. The van der Waals surface area contributed by atoms with Crippen molar-refractivity contribution in [3.63, 3.8) is 0 Å². The third kappa shape index (κ3) is 2.83. The minimum absolute atomic E-state index is 0.551. The Morgan fingerprint density at radius 3 is 2.69 bits per heavy atom. The van der Waals surface area contributed by atoms with Crippen molar-refractivity contribution in [3.05, 3.63) is 40.6 Å². The predicted octanol–water partition coefficient (Wildman–Crippen LogP) is 2.13. The van der Waals surface area contributed by atoms with E-state index in [0.29, 0.717) is 11.7 Å². The molecule has 2 aromatic rings. The zero-order valence-corrected chi connectivity index (χ0v) is 12.0. The van der Waals surface area contributed by atoms with Crippen LogP contribution in [0.3, 0.4) is 0 Å². The van der Waals surface area contributed by atoms with Crippen molar-refractivity contribution in [2.24, 2.45) is 0 Å². The standard InChI is InChI=1S/C11H8AsBrN2O/c1-7-14-10(12)6-11(15-7)16-9-5-3-2-4-8(9)13/h2-6H,1H3. The summed E-state index contributed by atoms with van der Waals surface area (Å²) in [5.41, 5.74) is 0. The van der Waals surface area contributed by atoms with Crippen LogP contribution in [0.25, 0.3) is 0 Å². The van der Waals surface area contributed by atoms with E-state index in [-0.39, 0.29) is 0 Å². The second-order valence-corrected chi connectivity index (χ2v) is 4.96. The molecule has 0 aliphatic heterocycles. The van der Waals surface area contributed by atoms with E-state index in [2.05, 4.69) is 42.8 Å². The van der Waals surface area contributed by atoms with Gasteiger partial charge in [-0.25, -0.2) is 0 Å². The Bertz CT molecular complexity index is 499. The first-order valence-electron chi connectivity index (χ1n) is 4.62. The summed E-state index contributed by atoms with van der Waals surface area (Å²) in [7, 11) is 0. The monoisotopic (exact) mass is 338 g/mol. The fraction of sp³-hybridized carbons (Fsp3) is 0.0909. The Labute approximate surface area is 111 Å². The van der Waals surface area contributed by atoms with Gasteiger partial charge in [0.25, 0.3) is 0 Å². The molecule has 1 heterocycles. The molecule has 0 saturated heterocycles. The van der Waals surface area contributed by atoms with Gasteiger partial charge in [-0.2, -0.15) is 0 Å². The van der Waals surface area contributed by atoms with E-state index < -0.39 is 0 Å². The number of rotatable bonds is 2. The molecule has 0 aliphatic rings. The maximum atomic E-state index is 5.66. The van der Waals surface area contributed by atoms with Crippen LogP contribution >= 0.6 is 15.9 Å². The van der Waals surface area contributed by atoms with Crippen molar-refractivity contribution in [1.29, 1.82) is 0 Å². The van der Waals surface area contributed by atoms with Crippen molar-refractivity contribution in [1.82, 2.24) is 9.97 Å². The molecule has 0 fully saturated rings. The Balaban J connectivity index is 2.30. The summed E-state index contributed by atoms with van der Waals surface area (Å²) in [6, 6.07) is 9.44. The summed E-state index contributed by atoms with van der Waals surface area (Å²) in [5, 5.41) is 0. The number of para-hydroxylation sites is 1. The predicted molar refractivity (Wildman–Crippen MR) is 66.4 cm³/mol. The van der Waals surface area contributed by atoms with Gasteiger partial charge in [0.05, 0.1) is 0 Å². The van der Waals surface area contributed by atoms with E-state index in [1.165, 1.54) is 0 Å². The van der Waals surface area contributed by atoms with Gasteiger partial charge in [0.2, 0.25) is 0 Å². The van der Waals surface area contributed by atoms with E-state index in [4.69, 9.17) is 4.74 Å². The second-order valence-electron chi connectivity index (χ2n) is 3.14. The van der Waals surface area contributed by atoms with Gasteiger partial charge in [-0.1, -0.05) is 0 Å². The van der Waals surface area contributed by atoms with Crippen LogP contribution in [0, 0.1) is 6.92 Å². The summed E-state index contributed by atoms with van der Waals surface area (Å²) in [6.45, 7) is 1.84. The van der Waals surface area contributed by atoms with Crippen LogP contribution < -0.4 is 9.22 Å². The molecule has 2 rings (SSSR count). The molecule has 0 spiro atoms. The molecule has 0 aliphatic carbocycles. The SMILES string of the molecule is Cc1nc([As])cc(Oc2ccccc2Br)n1. The Hall–Kier alpha value is -0.862. The van der Waals surface area contributed by atoms with Gasteiger partial charge in [0, 0.05) is 0 Å². The molecule has 1 aromatic carbocycles. The molecule has 3 nitrogen and oxygen atoms in total. The summed E-state index contributed by atoms with van der Waals surface area (Å²) in [5.74, 6) is 1.99. The van der Waals surface area contributed by atoms with Crippen molar-refractivity contribution in [2.75, 3.05) is 0 Å². The molecule has 0 N–H and O–H groups in total. The van der Waals surface area contributed by atoms with Crippen LogP contribution in [0.5, 0.6) is 11.6 Å². The molecule has 0 unspecified atom stereocenters. The van der Waals surface area contributed by atoms with E-state index >= 15 is 0 Å². The van der Waals surface area contributed by atoms with E-state index in [9.17, 15) is 0 Å².